The van der Waals surface area contributed by atoms with Crippen LogP contribution in [-0.4, -0.2) is 40.4 Å². The topological polar surface area (TPSA) is 81.5 Å². The number of hydrogen-bond acceptors (Lipinski definition) is 6. The van der Waals surface area contributed by atoms with Crippen molar-refractivity contribution in [3.8, 4) is 0 Å². The minimum atomic E-state index is -1.07. The number of likely N-dealkylation sites (N-methyl/N-ethyl adjacent to an activating group) is 1. The number of aromatic nitrogens is 2. The number of amides is 1. The predicted octanol–water partition coefficient (Wildman–Crippen LogP) is 2.45. The summed E-state index contributed by atoms with van der Waals surface area (Å²) >= 11 is 1.44. The van der Waals surface area contributed by atoms with Gasteiger partial charge in [-0.3, -0.25) is 19.0 Å². The molecule has 0 spiro atoms. The molecule has 0 aliphatic rings. The SMILES string of the molecule is Cc1sc2ncn(CC(=O)O[C@@H](C(=O)N(C)C)c3ccccc3)c(=O)c2c1C. The molecule has 1 atom stereocenters. The summed E-state index contributed by atoms with van der Waals surface area (Å²) in [5.74, 6) is -1.04. The molecule has 2 aromatic heterocycles. The number of esters is 1. The van der Waals surface area contributed by atoms with E-state index in [-0.39, 0.29) is 18.0 Å². The lowest BCUT2D eigenvalue weighted by Crippen LogP contribution is -2.33. The van der Waals surface area contributed by atoms with E-state index in [4.69, 9.17) is 4.74 Å². The van der Waals surface area contributed by atoms with E-state index in [1.165, 1.54) is 27.1 Å². The second-order valence-corrected chi connectivity index (χ2v) is 7.86. The summed E-state index contributed by atoms with van der Waals surface area (Å²) in [6.45, 7) is 3.47. The average Bonchev–Trinajstić information content (AvgIpc) is 2.97. The summed E-state index contributed by atoms with van der Waals surface area (Å²) < 4.78 is 6.67. The Balaban J connectivity index is 1.86. The van der Waals surface area contributed by atoms with Gasteiger partial charge in [-0.25, -0.2) is 4.98 Å². The second kappa shape index (κ2) is 7.93. The third-order valence-electron chi connectivity index (χ3n) is 4.47. The lowest BCUT2D eigenvalue weighted by molar-refractivity contribution is -0.160. The molecule has 7 nitrogen and oxygen atoms in total. The molecule has 3 rings (SSSR count). The highest BCUT2D eigenvalue weighted by Gasteiger charge is 2.26. The Hall–Kier alpha value is -3.00. The van der Waals surface area contributed by atoms with Crippen LogP contribution >= 0.6 is 11.3 Å². The Kier molecular flexibility index (Phi) is 5.60. The number of fused-ring (bicyclic) bond motifs is 1. The molecule has 28 heavy (non-hydrogen) atoms. The van der Waals surface area contributed by atoms with Crippen molar-refractivity contribution in [3.63, 3.8) is 0 Å². The minimum Gasteiger partial charge on any atom is -0.446 e. The van der Waals surface area contributed by atoms with Crippen LogP contribution in [-0.2, 0) is 20.9 Å². The van der Waals surface area contributed by atoms with E-state index in [2.05, 4.69) is 4.98 Å². The van der Waals surface area contributed by atoms with Gasteiger partial charge >= 0.3 is 5.97 Å². The number of aryl methyl sites for hydroxylation is 2. The van der Waals surface area contributed by atoms with Crippen molar-refractivity contribution in [2.75, 3.05) is 14.1 Å². The molecule has 2 heterocycles. The Morgan fingerprint density at radius 1 is 1.21 bits per heavy atom. The fraction of sp³-hybridized carbons (Fsp3) is 0.300. The second-order valence-electron chi connectivity index (χ2n) is 6.65. The molecule has 0 saturated carbocycles. The summed E-state index contributed by atoms with van der Waals surface area (Å²) in [7, 11) is 3.19. The number of benzene rings is 1. The number of carbonyl (C=O) groups is 2. The van der Waals surface area contributed by atoms with Crippen LogP contribution in [0.5, 0.6) is 0 Å². The summed E-state index contributed by atoms with van der Waals surface area (Å²) in [4.78, 5) is 45.1. The summed E-state index contributed by atoms with van der Waals surface area (Å²) in [5, 5.41) is 0.516. The van der Waals surface area contributed by atoms with Gasteiger partial charge in [0, 0.05) is 24.5 Å². The predicted molar refractivity (Wildman–Crippen MR) is 107 cm³/mol. The van der Waals surface area contributed by atoms with E-state index in [0.29, 0.717) is 15.8 Å². The van der Waals surface area contributed by atoms with Gasteiger partial charge in [0.15, 0.2) is 0 Å². The molecule has 8 heteroatoms. The monoisotopic (exact) mass is 399 g/mol. The number of carbonyl (C=O) groups excluding carboxylic acids is 2. The van der Waals surface area contributed by atoms with Gasteiger partial charge in [-0.05, 0) is 19.4 Å². The van der Waals surface area contributed by atoms with Crippen LogP contribution in [0.4, 0.5) is 0 Å². The van der Waals surface area contributed by atoms with Crippen LogP contribution in [0.3, 0.4) is 0 Å². The lowest BCUT2D eigenvalue weighted by atomic mass is 10.1. The fourth-order valence-corrected chi connectivity index (χ4v) is 3.80. The van der Waals surface area contributed by atoms with Gasteiger partial charge in [0.2, 0.25) is 6.10 Å². The molecule has 0 saturated heterocycles. The lowest BCUT2D eigenvalue weighted by Gasteiger charge is -2.21. The van der Waals surface area contributed by atoms with Crippen LogP contribution < -0.4 is 5.56 Å². The van der Waals surface area contributed by atoms with E-state index >= 15 is 0 Å². The van der Waals surface area contributed by atoms with Crippen LogP contribution in [0.15, 0.2) is 41.5 Å². The van der Waals surface area contributed by atoms with Crippen LogP contribution in [0.25, 0.3) is 10.2 Å². The largest absolute Gasteiger partial charge is 0.446 e. The molecule has 146 valence electrons. The van der Waals surface area contributed by atoms with Gasteiger partial charge in [0.25, 0.3) is 11.5 Å². The highest BCUT2D eigenvalue weighted by molar-refractivity contribution is 7.18. The van der Waals surface area contributed by atoms with Gasteiger partial charge < -0.3 is 9.64 Å². The normalized spacial score (nSPS) is 12.0. The van der Waals surface area contributed by atoms with Gasteiger partial charge in [-0.2, -0.15) is 0 Å². The third kappa shape index (κ3) is 3.82. The zero-order valence-electron chi connectivity index (χ0n) is 16.1. The van der Waals surface area contributed by atoms with E-state index in [1.54, 1.807) is 38.4 Å². The maximum atomic E-state index is 12.7. The van der Waals surface area contributed by atoms with Crippen molar-refractivity contribution in [2.24, 2.45) is 0 Å². The Morgan fingerprint density at radius 3 is 2.54 bits per heavy atom. The first-order valence-corrected chi connectivity index (χ1v) is 9.52. The van der Waals surface area contributed by atoms with Gasteiger partial charge in [-0.1, -0.05) is 30.3 Å². The molecule has 1 amide bonds. The average molecular weight is 399 g/mol. The van der Waals surface area contributed by atoms with Gasteiger partial charge in [-0.15, -0.1) is 11.3 Å². The maximum Gasteiger partial charge on any atom is 0.327 e. The van der Waals surface area contributed by atoms with E-state index in [1.807, 2.05) is 19.9 Å². The number of rotatable bonds is 5. The van der Waals surface area contributed by atoms with Crippen LogP contribution in [0.2, 0.25) is 0 Å². The highest BCUT2D eigenvalue weighted by Crippen LogP contribution is 2.25. The van der Waals surface area contributed by atoms with E-state index in [0.717, 1.165) is 10.4 Å². The van der Waals surface area contributed by atoms with Gasteiger partial charge in [0.1, 0.15) is 11.4 Å². The third-order valence-corrected chi connectivity index (χ3v) is 5.59. The molecular weight excluding hydrogens is 378 g/mol. The number of thiophene rings is 1. The Labute approximate surface area is 166 Å². The molecule has 0 unspecified atom stereocenters. The smallest absolute Gasteiger partial charge is 0.327 e. The summed E-state index contributed by atoms with van der Waals surface area (Å²) in [6, 6.07) is 8.79. The van der Waals surface area contributed by atoms with Crippen molar-refractivity contribution >= 4 is 33.4 Å². The molecule has 0 aliphatic heterocycles. The van der Waals surface area contributed by atoms with Crippen molar-refractivity contribution in [1.82, 2.24) is 14.5 Å². The van der Waals surface area contributed by atoms with Gasteiger partial charge in [0.05, 0.1) is 11.7 Å². The van der Waals surface area contributed by atoms with Crippen molar-refractivity contribution in [2.45, 2.75) is 26.5 Å². The first kappa shape index (κ1) is 19.8. The molecule has 1 aromatic carbocycles. The van der Waals surface area contributed by atoms with Crippen molar-refractivity contribution in [3.05, 3.63) is 63.0 Å². The quantitative estimate of drug-likeness (QED) is 0.616. The molecule has 0 bridgehead atoms. The van der Waals surface area contributed by atoms with Crippen molar-refractivity contribution in [1.29, 1.82) is 0 Å². The highest BCUT2D eigenvalue weighted by atomic mass is 32.1. The van der Waals surface area contributed by atoms with Crippen molar-refractivity contribution < 1.29 is 14.3 Å². The first-order valence-electron chi connectivity index (χ1n) is 8.70. The maximum absolute atomic E-state index is 12.7. The zero-order chi connectivity index (χ0) is 20.4. The minimum absolute atomic E-state index is 0.293. The summed E-state index contributed by atoms with van der Waals surface area (Å²) in [5.41, 5.74) is 1.14. The Morgan fingerprint density at radius 2 is 1.89 bits per heavy atom. The number of ether oxygens (including phenoxy) is 1. The molecule has 0 radical (unpaired) electrons. The van der Waals surface area contributed by atoms with Crippen LogP contribution in [0.1, 0.15) is 22.1 Å². The number of nitrogens with zero attached hydrogens (tertiary/aromatic N) is 3. The molecular formula is C20H21N3O4S. The van der Waals surface area contributed by atoms with E-state index in [9.17, 15) is 14.4 Å². The zero-order valence-corrected chi connectivity index (χ0v) is 16.9. The van der Waals surface area contributed by atoms with E-state index < -0.39 is 12.1 Å². The first-order chi connectivity index (χ1) is 13.3. The Bertz CT molecular complexity index is 1090. The molecule has 0 N–H and O–H groups in total. The molecule has 3 aromatic rings. The summed E-state index contributed by atoms with van der Waals surface area (Å²) in [6.07, 6.45) is 0.272. The number of hydrogen-bond donors (Lipinski definition) is 0. The molecule has 0 aliphatic carbocycles. The van der Waals surface area contributed by atoms with Crippen LogP contribution in [0, 0.1) is 13.8 Å². The fourth-order valence-electron chi connectivity index (χ4n) is 2.81. The molecule has 0 fully saturated rings. The standard InChI is InChI=1S/C20H21N3O4S/c1-12-13(2)28-18-16(12)19(25)23(11-21-18)10-15(24)27-17(20(26)22(3)4)14-8-6-5-7-9-14/h5-9,11,17H,10H2,1-4H3/t17-/m1/s1.